The van der Waals surface area contributed by atoms with Crippen molar-refractivity contribution in [2.75, 3.05) is 13.0 Å². The van der Waals surface area contributed by atoms with E-state index in [1.807, 2.05) is 13.0 Å². The van der Waals surface area contributed by atoms with Crippen LogP contribution < -0.4 is 0 Å². The minimum Gasteiger partial charge on any atom is -0.321 e. The largest absolute Gasteiger partial charge is 0.335 e. The van der Waals surface area contributed by atoms with Crippen LogP contribution in [0.15, 0.2) is 24.5 Å². The molecule has 16 heavy (non-hydrogen) atoms. The Labute approximate surface area is 94.3 Å². The van der Waals surface area contributed by atoms with Crippen LogP contribution in [0.4, 0.5) is 0 Å². The molecule has 1 fully saturated rings. The number of hydrogen-bond acceptors (Lipinski definition) is 5. The molecule has 1 aliphatic heterocycles. The molecule has 5 nitrogen and oxygen atoms in total. The van der Waals surface area contributed by atoms with Crippen LogP contribution >= 0.6 is 7.60 Å². The SMILES string of the molecule is CCC[P@]1(=O)OCO[C@H](c2cccnc2)O1. The lowest BCUT2D eigenvalue weighted by molar-refractivity contribution is -0.173. The van der Waals surface area contributed by atoms with Gasteiger partial charge >= 0.3 is 7.60 Å². The van der Waals surface area contributed by atoms with E-state index < -0.39 is 13.9 Å². The van der Waals surface area contributed by atoms with Crippen molar-refractivity contribution in [1.82, 2.24) is 4.98 Å². The topological polar surface area (TPSA) is 57.7 Å². The maximum Gasteiger partial charge on any atom is 0.335 e. The van der Waals surface area contributed by atoms with E-state index >= 15 is 0 Å². The fourth-order valence-corrected chi connectivity index (χ4v) is 2.98. The van der Waals surface area contributed by atoms with Gasteiger partial charge in [-0.3, -0.25) is 18.6 Å². The van der Waals surface area contributed by atoms with Crippen LogP contribution in [0.3, 0.4) is 0 Å². The van der Waals surface area contributed by atoms with Crippen molar-refractivity contribution in [3.05, 3.63) is 30.1 Å². The van der Waals surface area contributed by atoms with Crippen LogP contribution in [0.1, 0.15) is 25.2 Å². The molecule has 0 amide bonds. The molecule has 1 aliphatic rings. The van der Waals surface area contributed by atoms with E-state index in [-0.39, 0.29) is 6.79 Å². The molecule has 0 saturated carbocycles. The Bertz CT molecular complexity index is 378. The molecule has 2 rings (SSSR count). The van der Waals surface area contributed by atoms with E-state index in [4.69, 9.17) is 13.8 Å². The van der Waals surface area contributed by atoms with Gasteiger partial charge in [-0.15, -0.1) is 0 Å². The third kappa shape index (κ3) is 2.68. The van der Waals surface area contributed by atoms with Crippen molar-refractivity contribution >= 4 is 7.60 Å². The van der Waals surface area contributed by atoms with Crippen molar-refractivity contribution in [3.63, 3.8) is 0 Å². The Morgan fingerprint density at radius 2 is 2.50 bits per heavy atom. The Balaban J connectivity index is 2.11. The molecule has 1 aromatic heterocycles. The standard InChI is InChI=1S/C10H14NO4P/c1-2-6-16(12)14-8-13-10(15-16)9-4-3-5-11-7-9/h3-5,7,10H,2,6,8H2,1H3/t10-,16-/m0/s1. The Hall–Kier alpha value is -0.740. The molecular formula is C10H14NO4P. The van der Waals surface area contributed by atoms with Gasteiger partial charge in [0.1, 0.15) is 0 Å². The van der Waals surface area contributed by atoms with Gasteiger partial charge in [0.2, 0.25) is 0 Å². The average molecular weight is 243 g/mol. The number of nitrogens with zero attached hydrogens (tertiary/aromatic N) is 1. The van der Waals surface area contributed by atoms with Crippen LogP contribution in [0.25, 0.3) is 0 Å². The van der Waals surface area contributed by atoms with E-state index in [0.717, 1.165) is 12.0 Å². The number of rotatable bonds is 3. The maximum atomic E-state index is 12.1. The third-order valence-electron chi connectivity index (χ3n) is 2.18. The van der Waals surface area contributed by atoms with Crippen molar-refractivity contribution in [2.45, 2.75) is 19.6 Å². The van der Waals surface area contributed by atoms with Crippen LogP contribution in [0.2, 0.25) is 0 Å². The normalized spacial score (nSPS) is 30.2. The van der Waals surface area contributed by atoms with E-state index in [2.05, 4.69) is 4.98 Å². The van der Waals surface area contributed by atoms with E-state index in [1.54, 1.807) is 18.5 Å². The molecule has 0 bridgehead atoms. The van der Waals surface area contributed by atoms with Crippen LogP contribution in [0.5, 0.6) is 0 Å². The lowest BCUT2D eigenvalue weighted by atomic mass is 10.3. The highest BCUT2D eigenvalue weighted by molar-refractivity contribution is 7.53. The molecule has 0 aromatic carbocycles. The van der Waals surface area contributed by atoms with Gasteiger partial charge in [-0.1, -0.05) is 13.0 Å². The fourth-order valence-electron chi connectivity index (χ4n) is 1.44. The molecule has 0 aliphatic carbocycles. The highest BCUT2D eigenvalue weighted by atomic mass is 31.2. The first kappa shape index (κ1) is 11.7. The van der Waals surface area contributed by atoms with Crippen molar-refractivity contribution in [1.29, 1.82) is 0 Å². The monoisotopic (exact) mass is 243 g/mol. The van der Waals surface area contributed by atoms with Crippen LogP contribution in [0, 0.1) is 0 Å². The van der Waals surface area contributed by atoms with E-state index in [1.165, 1.54) is 0 Å². The van der Waals surface area contributed by atoms with Gasteiger partial charge in [-0.25, -0.2) is 0 Å². The summed E-state index contributed by atoms with van der Waals surface area (Å²) in [4.78, 5) is 3.96. The molecule has 0 N–H and O–H groups in total. The van der Waals surface area contributed by atoms with E-state index in [0.29, 0.717) is 6.16 Å². The van der Waals surface area contributed by atoms with Gasteiger partial charge in [-0.05, 0) is 12.5 Å². The van der Waals surface area contributed by atoms with Gasteiger partial charge < -0.3 is 4.74 Å². The minimum absolute atomic E-state index is 0.00314. The van der Waals surface area contributed by atoms with Crippen molar-refractivity contribution in [3.8, 4) is 0 Å². The lowest BCUT2D eigenvalue weighted by Gasteiger charge is -2.29. The first-order valence-corrected chi connectivity index (χ1v) is 6.90. The van der Waals surface area contributed by atoms with Crippen LogP contribution in [-0.4, -0.2) is 17.9 Å². The minimum atomic E-state index is -2.99. The number of pyridine rings is 1. The predicted molar refractivity (Wildman–Crippen MR) is 57.9 cm³/mol. The average Bonchev–Trinajstić information content (AvgIpc) is 2.30. The predicted octanol–water partition coefficient (Wildman–Crippen LogP) is 2.70. The Morgan fingerprint density at radius 3 is 3.19 bits per heavy atom. The molecule has 0 spiro atoms. The Kier molecular flexibility index (Phi) is 3.71. The second-order valence-electron chi connectivity index (χ2n) is 3.47. The summed E-state index contributed by atoms with van der Waals surface area (Å²) in [7, 11) is -2.99. The number of hydrogen-bond donors (Lipinski definition) is 0. The molecule has 88 valence electrons. The number of aromatic nitrogens is 1. The molecule has 2 atom stereocenters. The molecule has 0 unspecified atom stereocenters. The summed E-state index contributed by atoms with van der Waals surface area (Å²) in [6, 6.07) is 3.60. The first-order valence-electron chi connectivity index (χ1n) is 5.17. The third-order valence-corrected chi connectivity index (χ3v) is 4.19. The number of ether oxygens (including phenoxy) is 1. The highest BCUT2D eigenvalue weighted by Crippen LogP contribution is 2.55. The second kappa shape index (κ2) is 5.06. The van der Waals surface area contributed by atoms with Crippen molar-refractivity contribution < 1.29 is 18.3 Å². The van der Waals surface area contributed by atoms with Crippen LogP contribution in [-0.2, 0) is 18.3 Å². The van der Waals surface area contributed by atoms with Gasteiger partial charge in [0.15, 0.2) is 13.1 Å². The summed E-state index contributed by atoms with van der Waals surface area (Å²) in [5.74, 6) is 0. The quantitative estimate of drug-likeness (QED) is 0.764. The summed E-state index contributed by atoms with van der Waals surface area (Å²) < 4.78 is 27.7. The Morgan fingerprint density at radius 1 is 1.62 bits per heavy atom. The summed E-state index contributed by atoms with van der Waals surface area (Å²) in [6.07, 6.45) is 3.81. The van der Waals surface area contributed by atoms with Gasteiger partial charge in [0.05, 0.1) is 6.16 Å². The summed E-state index contributed by atoms with van der Waals surface area (Å²) in [5, 5.41) is 0. The lowest BCUT2D eigenvalue weighted by Crippen LogP contribution is -2.18. The highest BCUT2D eigenvalue weighted by Gasteiger charge is 2.34. The van der Waals surface area contributed by atoms with Crippen molar-refractivity contribution in [2.24, 2.45) is 0 Å². The summed E-state index contributed by atoms with van der Waals surface area (Å²) in [6.45, 7) is 1.93. The molecule has 2 heterocycles. The summed E-state index contributed by atoms with van der Waals surface area (Å²) in [5.41, 5.74) is 0.752. The van der Waals surface area contributed by atoms with Gasteiger partial charge in [0, 0.05) is 18.0 Å². The molecule has 0 radical (unpaired) electrons. The van der Waals surface area contributed by atoms with Gasteiger partial charge in [0.25, 0.3) is 0 Å². The molecule has 1 saturated heterocycles. The van der Waals surface area contributed by atoms with E-state index in [9.17, 15) is 4.57 Å². The first-order chi connectivity index (χ1) is 7.73. The zero-order chi connectivity index (χ0) is 11.4. The zero-order valence-corrected chi connectivity index (χ0v) is 9.93. The smallest absolute Gasteiger partial charge is 0.321 e. The zero-order valence-electron chi connectivity index (χ0n) is 9.04. The fraction of sp³-hybridized carbons (Fsp3) is 0.500. The second-order valence-corrected chi connectivity index (χ2v) is 5.61. The molecule has 6 heteroatoms. The van der Waals surface area contributed by atoms with Gasteiger partial charge in [-0.2, -0.15) is 0 Å². The maximum absolute atomic E-state index is 12.1. The summed E-state index contributed by atoms with van der Waals surface area (Å²) >= 11 is 0. The molecule has 1 aromatic rings. The molecular weight excluding hydrogens is 229 g/mol.